The molecule has 6 nitrogen and oxygen atoms in total. The summed E-state index contributed by atoms with van der Waals surface area (Å²) in [5.41, 5.74) is 6.79. The number of halogens is 3. The highest BCUT2D eigenvalue weighted by Crippen LogP contribution is 2.28. The molecule has 0 radical (unpaired) electrons. The molecule has 1 aromatic carbocycles. The van der Waals surface area contributed by atoms with Crippen LogP contribution in [0.4, 0.5) is 8.78 Å². The number of carbonyl (C=O) groups excluding carboxylic acids is 1. The monoisotopic (exact) mass is 390 g/mol. The minimum Gasteiger partial charge on any atom is -0.435 e. The molecule has 2 aliphatic heterocycles. The first kappa shape index (κ1) is 20.8. The molecule has 3 rings (SSSR count). The molecule has 0 spiro atoms. The molecule has 4 unspecified atom stereocenters. The van der Waals surface area contributed by atoms with Crippen molar-refractivity contribution in [1.82, 2.24) is 21.5 Å². The normalized spacial score (nSPS) is 28.5. The van der Waals surface area contributed by atoms with E-state index in [1.54, 1.807) is 18.2 Å². The van der Waals surface area contributed by atoms with E-state index in [-0.39, 0.29) is 48.1 Å². The first-order chi connectivity index (χ1) is 12.0. The van der Waals surface area contributed by atoms with Crippen molar-refractivity contribution in [2.75, 3.05) is 13.1 Å². The number of rotatable bonds is 5. The number of benzene rings is 1. The Bertz CT molecular complexity index is 608. The molecule has 146 valence electrons. The zero-order valence-corrected chi connectivity index (χ0v) is 15.3. The van der Waals surface area contributed by atoms with Crippen LogP contribution in [-0.4, -0.2) is 37.7 Å². The van der Waals surface area contributed by atoms with Gasteiger partial charge in [0.2, 0.25) is 5.91 Å². The van der Waals surface area contributed by atoms with Gasteiger partial charge in [0, 0.05) is 18.6 Å². The maximum absolute atomic E-state index is 12.7. The lowest BCUT2D eigenvalue weighted by atomic mass is 9.92. The van der Waals surface area contributed by atoms with Crippen LogP contribution in [-0.2, 0) is 4.79 Å². The molecule has 2 saturated heterocycles. The van der Waals surface area contributed by atoms with Gasteiger partial charge in [0.05, 0.1) is 12.0 Å². The van der Waals surface area contributed by atoms with Crippen LogP contribution in [0, 0.1) is 5.92 Å². The quantitative estimate of drug-likeness (QED) is 0.616. The average Bonchev–Trinajstić information content (AvgIpc) is 3.06. The van der Waals surface area contributed by atoms with Gasteiger partial charge < -0.3 is 15.4 Å². The number of hydrogen-bond acceptors (Lipinski definition) is 5. The van der Waals surface area contributed by atoms with Crippen molar-refractivity contribution in [3.8, 4) is 5.75 Å². The molecule has 0 aromatic heterocycles. The van der Waals surface area contributed by atoms with E-state index < -0.39 is 6.61 Å². The lowest BCUT2D eigenvalue weighted by Crippen LogP contribution is -2.53. The summed E-state index contributed by atoms with van der Waals surface area (Å²) in [6.07, 6.45) is 1.99. The SMILES string of the molecule is CC1NCCCC1NC(=O)C1CNNC1c1cccc(OC(F)F)c1.Cl. The van der Waals surface area contributed by atoms with Crippen LogP contribution in [0.1, 0.15) is 31.4 Å². The number of nitrogens with one attached hydrogen (secondary N) is 4. The number of carbonyl (C=O) groups is 1. The Hall–Kier alpha value is -1.48. The number of piperidine rings is 1. The summed E-state index contributed by atoms with van der Waals surface area (Å²) in [6.45, 7) is 0.645. The summed E-state index contributed by atoms with van der Waals surface area (Å²) < 4.78 is 29.3. The van der Waals surface area contributed by atoms with Crippen molar-refractivity contribution < 1.29 is 18.3 Å². The average molecular weight is 391 g/mol. The molecule has 1 amide bonds. The van der Waals surface area contributed by atoms with Crippen LogP contribution in [0.3, 0.4) is 0 Å². The van der Waals surface area contributed by atoms with Gasteiger partial charge in [0.1, 0.15) is 5.75 Å². The van der Waals surface area contributed by atoms with Crippen molar-refractivity contribution >= 4 is 18.3 Å². The molecule has 4 atom stereocenters. The molecule has 2 heterocycles. The summed E-state index contributed by atoms with van der Waals surface area (Å²) in [7, 11) is 0. The van der Waals surface area contributed by atoms with Crippen molar-refractivity contribution in [2.45, 2.75) is 44.5 Å². The summed E-state index contributed by atoms with van der Waals surface area (Å²) in [4.78, 5) is 12.7. The van der Waals surface area contributed by atoms with Gasteiger partial charge in [-0.1, -0.05) is 12.1 Å². The molecular weight excluding hydrogens is 366 g/mol. The van der Waals surface area contributed by atoms with Gasteiger partial charge >= 0.3 is 6.61 Å². The smallest absolute Gasteiger partial charge is 0.387 e. The summed E-state index contributed by atoms with van der Waals surface area (Å²) in [5.74, 6) is -0.274. The van der Waals surface area contributed by atoms with E-state index >= 15 is 0 Å². The van der Waals surface area contributed by atoms with Gasteiger partial charge in [-0.25, -0.2) is 5.43 Å². The Balaban J connectivity index is 0.00000243. The van der Waals surface area contributed by atoms with Crippen molar-refractivity contribution in [3.05, 3.63) is 29.8 Å². The van der Waals surface area contributed by atoms with E-state index in [0.717, 1.165) is 24.9 Å². The highest BCUT2D eigenvalue weighted by Gasteiger charge is 2.36. The molecule has 0 saturated carbocycles. The molecule has 0 aliphatic carbocycles. The molecular formula is C17H25ClF2N4O2. The first-order valence-electron chi connectivity index (χ1n) is 8.61. The second kappa shape index (κ2) is 9.45. The fourth-order valence-electron chi connectivity index (χ4n) is 3.47. The number of hydrogen-bond donors (Lipinski definition) is 4. The van der Waals surface area contributed by atoms with Gasteiger partial charge in [-0.05, 0) is 44.0 Å². The lowest BCUT2D eigenvalue weighted by molar-refractivity contribution is -0.126. The molecule has 26 heavy (non-hydrogen) atoms. The Morgan fingerprint density at radius 2 is 2.19 bits per heavy atom. The Morgan fingerprint density at radius 1 is 1.38 bits per heavy atom. The van der Waals surface area contributed by atoms with Gasteiger partial charge in [-0.15, -0.1) is 12.4 Å². The van der Waals surface area contributed by atoms with E-state index in [0.29, 0.717) is 6.54 Å². The second-order valence-electron chi connectivity index (χ2n) is 6.56. The molecule has 1 aromatic rings. The Morgan fingerprint density at radius 3 is 2.92 bits per heavy atom. The maximum atomic E-state index is 12.7. The van der Waals surface area contributed by atoms with Crippen LogP contribution >= 0.6 is 12.4 Å². The molecule has 2 aliphatic rings. The predicted octanol–water partition coefficient (Wildman–Crippen LogP) is 1.73. The zero-order valence-electron chi connectivity index (χ0n) is 14.5. The van der Waals surface area contributed by atoms with Crippen LogP contribution < -0.4 is 26.2 Å². The zero-order chi connectivity index (χ0) is 17.8. The first-order valence-corrected chi connectivity index (χ1v) is 8.61. The Labute approximate surface area is 157 Å². The number of amides is 1. The maximum Gasteiger partial charge on any atom is 0.387 e. The minimum atomic E-state index is -2.87. The van der Waals surface area contributed by atoms with E-state index in [1.165, 1.54) is 6.07 Å². The summed E-state index contributed by atoms with van der Waals surface area (Å²) in [5, 5.41) is 6.49. The van der Waals surface area contributed by atoms with Crippen LogP contribution in [0.15, 0.2) is 24.3 Å². The molecule has 2 fully saturated rings. The predicted molar refractivity (Wildman–Crippen MR) is 96.3 cm³/mol. The van der Waals surface area contributed by atoms with Crippen molar-refractivity contribution in [2.24, 2.45) is 5.92 Å². The number of alkyl halides is 2. The fourth-order valence-corrected chi connectivity index (χ4v) is 3.47. The molecule has 9 heteroatoms. The van der Waals surface area contributed by atoms with Gasteiger partial charge in [0.25, 0.3) is 0 Å². The standard InChI is InChI=1S/C17H24F2N4O2.ClH/c1-10-14(6-3-7-20-10)22-16(24)13-9-21-23-15(13)11-4-2-5-12(8-11)25-17(18)19;/h2,4-5,8,10,13-15,17,20-21,23H,3,6-7,9H2,1H3,(H,22,24);1H. The van der Waals surface area contributed by atoms with E-state index in [4.69, 9.17) is 0 Å². The van der Waals surface area contributed by atoms with E-state index in [1.807, 2.05) is 0 Å². The molecule has 4 N–H and O–H groups in total. The topological polar surface area (TPSA) is 74.4 Å². The van der Waals surface area contributed by atoms with Gasteiger partial charge in [0.15, 0.2) is 0 Å². The van der Waals surface area contributed by atoms with Crippen LogP contribution in [0.5, 0.6) is 5.75 Å². The van der Waals surface area contributed by atoms with E-state index in [9.17, 15) is 13.6 Å². The van der Waals surface area contributed by atoms with Crippen LogP contribution in [0.25, 0.3) is 0 Å². The summed E-state index contributed by atoms with van der Waals surface area (Å²) in [6, 6.07) is 6.51. The van der Waals surface area contributed by atoms with E-state index in [2.05, 4.69) is 33.1 Å². The van der Waals surface area contributed by atoms with Gasteiger partial charge in [-0.2, -0.15) is 8.78 Å². The number of ether oxygens (including phenoxy) is 1. The minimum absolute atomic E-state index is 0. The third-order valence-corrected chi connectivity index (χ3v) is 4.85. The van der Waals surface area contributed by atoms with Crippen molar-refractivity contribution in [3.63, 3.8) is 0 Å². The lowest BCUT2D eigenvalue weighted by Gasteiger charge is -2.32. The third-order valence-electron chi connectivity index (χ3n) is 4.85. The largest absolute Gasteiger partial charge is 0.435 e. The van der Waals surface area contributed by atoms with Crippen LogP contribution in [0.2, 0.25) is 0 Å². The number of hydrazine groups is 1. The molecule has 0 bridgehead atoms. The highest BCUT2D eigenvalue weighted by atomic mass is 35.5. The Kier molecular flexibility index (Phi) is 7.57. The fraction of sp³-hybridized carbons (Fsp3) is 0.588. The van der Waals surface area contributed by atoms with Crippen molar-refractivity contribution in [1.29, 1.82) is 0 Å². The van der Waals surface area contributed by atoms with Gasteiger partial charge in [-0.3, -0.25) is 10.2 Å². The highest BCUT2D eigenvalue weighted by molar-refractivity contribution is 5.85. The second-order valence-corrected chi connectivity index (χ2v) is 6.56. The summed E-state index contributed by atoms with van der Waals surface area (Å²) >= 11 is 0. The third kappa shape index (κ3) is 5.03.